The molecule has 1 N–H and O–H groups in total. The number of carbonyl (C=O) groups excluding carboxylic acids is 1. The Kier molecular flexibility index (Phi) is 5.45. The minimum atomic E-state index is -0.338. The number of aliphatic imine (C=N–C) groups is 1. The molecule has 0 spiro atoms. The number of esters is 1. The lowest BCUT2D eigenvalue weighted by molar-refractivity contribution is -0.147. The topological polar surface area (TPSA) is 59.9 Å². The number of nitrogens with one attached hydrogen (secondary N) is 1. The molecular formula is C12H19FN2O3S. The van der Waals surface area contributed by atoms with Gasteiger partial charge >= 0.3 is 5.97 Å². The van der Waals surface area contributed by atoms with E-state index in [1.807, 2.05) is 0 Å². The van der Waals surface area contributed by atoms with Crippen molar-refractivity contribution in [2.24, 2.45) is 4.99 Å². The van der Waals surface area contributed by atoms with Gasteiger partial charge < -0.3 is 14.8 Å². The Hall–Kier alpha value is -0.820. The Balaban J connectivity index is 1.78. The van der Waals surface area contributed by atoms with E-state index in [0.717, 1.165) is 18.0 Å². The molecule has 0 bridgehead atoms. The number of hydrogen-bond donors (Lipinski definition) is 1. The van der Waals surface area contributed by atoms with Crippen LogP contribution in [0.15, 0.2) is 4.99 Å². The van der Waals surface area contributed by atoms with Crippen LogP contribution in [0.1, 0.15) is 26.2 Å². The molecule has 0 radical (unpaired) electrons. The van der Waals surface area contributed by atoms with Crippen LogP contribution in [0.2, 0.25) is 0 Å². The molecule has 2 aliphatic heterocycles. The largest absolute Gasteiger partial charge is 0.463 e. The van der Waals surface area contributed by atoms with Crippen molar-refractivity contribution in [3.63, 3.8) is 0 Å². The van der Waals surface area contributed by atoms with Gasteiger partial charge in [-0.1, -0.05) is 11.8 Å². The lowest BCUT2D eigenvalue weighted by Crippen LogP contribution is -2.41. The fraction of sp³-hybridized carbons (Fsp3) is 0.833. The van der Waals surface area contributed by atoms with E-state index in [-0.39, 0.29) is 30.2 Å². The van der Waals surface area contributed by atoms with Gasteiger partial charge in [-0.2, -0.15) is 0 Å². The fourth-order valence-electron chi connectivity index (χ4n) is 2.06. The molecule has 0 unspecified atom stereocenters. The predicted octanol–water partition coefficient (Wildman–Crippen LogP) is 1.48. The molecule has 3 atom stereocenters. The summed E-state index contributed by atoms with van der Waals surface area (Å²) in [5, 5.41) is 4.13. The van der Waals surface area contributed by atoms with Crippen LogP contribution in [0.25, 0.3) is 0 Å². The van der Waals surface area contributed by atoms with Gasteiger partial charge in [0.1, 0.15) is 12.0 Å². The van der Waals surface area contributed by atoms with Gasteiger partial charge in [0.2, 0.25) is 0 Å². The zero-order chi connectivity index (χ0) is 13.7. The van der Waals surface area contributed by atoms with Gasteiger partial charge in [-0.3, -0.25) is 14.2 Å². The van der Waals surface area contributed by atoms with E-state index in [1.54, 1.807) is 0 Å². The molecule has 0 amide bonds. The summed E-state index contributed by atoms with van der Waals surface area (Å²) in [5.74, 6) is -0.281. The first-order chi connectivity index (χ1) is 9.19. The SMILES string of the molecule is CC(=O)OC[C@H]1CC[C@H]2NC(=NCCCF)S[C@H]2O1. The number of alkyl halides is 1. The maximum Gasteiger partial charge on any atom is 0.302 e. The zero-order valence-corrected chi connectivity index (χ0v) is 11.7. The minimum absolute atomic E-state index is 0.0124. The van der Waals surface area contributed by atoms with E-state index in [9.17, 15) is 9.18 Å². The summed E-state index contributed by atoms with van der Waals surface area (Å²) in [5.41, 5.74) is 0.0124. The Bertz CT molecular complexity index is 354. The van der Waals surface area contributed by atoms with Gasteiger partial charge in [0.15, 0.2) is 5.17 Å². The Morgan fingerprint density at radius 3 is 3.21 bits per heavy atom. The standard InChI is InChI=1S/C12H19FN2O3S/c1-8(16)17-7-9-3-4-10-11(18-9)19-12(15-10)14-6-2-5-13/h9-11H,2-7H2,1H3,(H,14,15)/t9-,10-,11-/m1/s1. The van der Waals surface area contributed by atoms with E-state index in [0.29, 0.717) is 19.6 Å². The van der Waals surface area contributed by atoms with Crippen LogP contribution in [0.5, 0.6) is 0 Å². The van der Waals surface area contributed by atoms with Crippen LogP contribution < -0.4 is 5.32 Å². The number of fused-ring (bicyclic) bond motifs is 1. The van der Waals surface area contributed by atoms with Gasteiger partial charge in [-0.25, -0.2) is 0 Å². The summed E-state index contributed by atoms with van der Waals surface area (Å²) in [6.45, 7) is 1.87. The van der Waals surface area contributed by atoms with Crippen LogP contribution >= 0.6 is 11.8 Å². The lowest BCUT2D eigenvalue weighted by Gasteiger charge is -2.30. The number of rotatable bonds is 5. The Morgan fingerprint density at radius 1 is 1.63 bits per heavy atom. The molecule has 2 fully saturated rings. The molecule has 2 aliphatic rings. The van der Waals surface area contributed by atoms with Crippen molar-refractivity contribution in [1.29, 1.82) is 0 Å². The summed E-state index contributed by atoms with van der Waals surface area (Å²) in [4.78, 5) is 15.1. The van der Waals surface area contributed by atoms with E-state index < -0.39 is 0 Å². The summed E-state index contributed by atoms with van der Waals surface area (Å²) in [7, 11) is 0. The molecule has 2 saturated heterocycles. The first kappa shape index (κ1) is 14.6. The molecule has 2 rings (SSSR count). The number of halogens is 1. The summed E-state index contributed by atoms with van der Waals surface area (Å²) in [6.07, 6.45) is 2.24. The highest BCUT2D eigenvalue weighted by Gasteiger charge is 2.38. The van der Waals surface area contributed by atoms with Crippen LogP contribution in [0.4, 0.5) is 4.39 Å². The zero-order valence-electron chi connectivity index (χ0n) is 10.9. The number of thioether (sulfide) groups is 1. The number of hydrogen-bond acceptors (Lipinski definition) is 5. The van der Waals surface area contributed by atoms with Gasteiger partial charge in [-0.05, 0) is 19.3 Å². The highest BCUT2D eigenvalue weighted by molar-refractivity contribution is 8.14. The molecule has 0 aromatic carbocycles. The summed E-state index contributed by atoms with van der Waals surface area (Å²) >= 11 is 1.54. The number of ether oxygens (including phenoxy) is 2. The molecule has 2 heterocycles. The van der Waals surface area contributed by atoms with Crippen molar-refractivity contribution in [2.75, 3.05) is 19.8 Å². The third kappa shape index (κ3) is 4.35. The lowest BCUT2D eigenvalue weighted by atomic mass is 10.1. The van der Waals surface area contributed by atoms with Crippen LogP contribution in [0.3, 0.4) is 0 Å². The van der Waals surface area contributed by atoms with Crippen molar-refractivity contribution in [3.05, 3.63) is 0 Å². The van der Waals surface area contributed by atoms with E-state index >= 15 is 0 Å². The predicted molar refractivity (Wildman–Crippen MR) is 71.9 cm³/mol. The van der Waals surface area contributed by atoms with E-state index in [4.69, 9.17) is 9.47 Å². The number of carbonyl (C=O) groups is 1. The summed E-state index contributed by atoms with van der Waals surface area (Å²) in [6, 6.07) is 0.253. The normalized spacial score (nSPS) is 31.9. The van der Waals surface area contributed by atoms with Gasteiger partial charge in [0.05, 0.1) is 18.8 Å². The average Bonchev–Trinajstić information content (AvgIpc) is 2.78. The Morgan fingerprint density at radius 2 is 2.47 bits per heavy atom. The van der Waals surface area contributed by atoms with Crippen molar-refractivity contribution < 1.29 is 18.7 Å². The minimum Gasteiger partial charge on any atom is -0.463 e. The molecule has 108 valence electrons. The Labute approximate surface area is 116 Å². The monoisotopic (exact) mass is 290 g/mol. The fourth-order valence-corrected chi connectivity index (χ4v) is 3.25. The molecule has 0 aromatic heterocycles. The second-order valence-electron chi connectivity index (χ2n) is 4.60. The highest BCUT2D eigenvalue weighted by Crippen LogP contribution is 2.33. The van der Waals surface area contributed by atoms with Crippen molar-refractivity contribution in [2.45, 2.75) is 43.8 Å². The molecular weight excluding hydrogens is 271 g/mol. The second-order valence-corrected chi connectivity index (χ2v) is 5.69. The van der Waals surface area contributed by atoms with Crippen molar-refractivity contribution >= 4 is 22.9 Å². The molecule has 7 heteroatoms. The third-order valence-corrected chi connectivity index (χ3v) is 4.15. The molecule has 0 saturated carbocycles. The number of nitrogens with zero attached hydrogens (tertiary/aromatic N) is 1. The van der Waals surface area contributed by atoms with Crippen LogP contribution in [-0.4, -0.2) is 48.5 Å². The molecule has 0 aliphatic carbocycles. The van der Waals surface area contributed by atoms with Crippen molar-refractivity contribution in [3.8, 4) is 0 Å². The molecule has 19 heavy (non-hydrogen) atoms. The van der Waals surface area contributed by atoms with Gasteiger partial charge in [0.25, 0.3) is 0 Å². The van der Waals surface area contributed by atoms with Crippen LogP contribution in [0, 0.1) is 0 Å². The van der Waals surface area contributed by atoms with Crippen LogP contribution in [-0.2, 0) is 14.3 Å². The molecule has 0 aromatic rings. The maximum absolute atomic E-state index is 12.0. The third-order valence-electron chi connectivity index (χ3n) is 3.01. The second kappa shape index (κ2) is 7.09. The van der Waals surface area contributed by atoms with Gasteiger partial charge in [0, 0.05) is 13.5 Å². The van der Waals surface area contributed by atoms with Crippen molar-refractivity contribution in [1.82, 2.24) is 5.32 Å². The maximum atomic E-state index is 12.0. The quantitative estimate of drug-likeness (QED) is 0.614. The smallest absolute Gasteiger partial charge is 0.302 e. The first-order valence-electron chi connectivity index (χ1n) is 6.51. The first-order valence-corrected chi connectivity index (χ1v) is 7.39. The summed E-state index contributed by atoms with van der Waals surface area (Å²) < 4.78 is 22.8. The van der Waals surface area contributed by atoms with E-state index in [2.05, 4.69) is 10.3 Å². The van der Waals surface area contributed by atoms with Gasteiger partial charge in [-0.15, -0.1) is 0 Å². The highest BCUT2D eigenvalue weighted by atomic mass is 32.2. The number of amidine groups is 1. The average molecular weight is 290 g/mol. The van der Waals surface area contributed by atoms with E-state index in [1.165, 1.54) is 18.7 Å². The molecule has 5 nitrogen and oxygen atoms in total.